The average molecular weight is 1110 g/mol. The number of benzene rings is 5. The number of sulfone groups is 2. The van der Waals surface area contributed by atoms with Gasteiger partial charge in [0.25, 0.3) is 0 Å². The summed E-state index contributed by atoms with van der Waals surface area (Å²) in [6, 6.07) is 31.5. The predicted octanol–water partition coefficient (Wildman–Crippen LogP) is 8.34. The molecule has 21 heteroatoms. The fourth-order valence-electron chi connectivity index (χ4n) is 8.08. The fourth-order valence-corrected chi connectivity index (χ4v) is 10.5. The molecule has 17 nitrogen and oxygen atoms in total. The Morgan fingerprint density at radius 3 is 1.68 bits per heavy atom. The molecule has 0 saturated heterocycles. The predicted molar refractivity (Wildman–Crippen MR) is 277 cm³/mol. The number of carbonyl (C=O) groups is 2. The number of methoxy groups -OCH3 is 4. The summed E-state index contributed by atoms with van der Waals surface area (Å²) in [6.45, 7) is 1.66. The van der Waals surface area contributed by atoms with Crippen molar-refractivity contribution in [1.82, 2.24) is 24.1 Å². The molecule has 0 aliphatic heterocycles. The van der Waals surface area contributed by atoms with Crippen LogP contribution in [0.15, 0.2) is 123 Å². The third-order valence-corrected chi connectivity index (χ3v) is 14.6. The van der Waals surface area contributed by atoms with Crippen LogP contribution in [-0.2, 0) is 71.2 Å². The molecule has 3 aromatic heterocycles. The molecule has 5 aromatic carbocycles. The summed E-state index contributed by atoms with van der Waals surface area (Å²) in [4.78, 5) is 38.4. The van der Waals surface area contributed by atoms with Gasteiger partial charge in [-0.2, -0.15) is 5.26 Å². The van der Waals surface area contributed by atoms with E-state index in [0.29, 0.717) is 98.9 Å². The van der Waals surface area contributed by atoms with Crippen LogP contribution in [0.2, 0.25) is 0 Å². The highest BCUT2D eigenvalue weighted by Gasteiger charge is 2.22. The van der Waals surface area contributed by atoms with Crippen LogP contribution >= 0.6 is 15.9 Å². The summed E-state index contributed by atoms with van der Waals surface area (Å²) in [5, 5.41) is 8.95. The molecule has 8 rings (SSSR count). The molecular formula is C53H50BrFN6O11S2. The van der Waals surface area contributed by atoms with Gasteiger partial charge in [-0.3, -0.25) is 0 Å². The van der Waals surface area contributed by atoms with Crippen molar-refractivity contribution in [3.8, 4) is 23.2 Å². The van der Waals surface area contributed by atoms with Crippen molar-refractivity contribution in [3.05, 3.63) is 165 Å². The Bertz CT molecular complexity index is 3690. The van der Waals surface area contributed by atoms with Crippen LogP contribution in [0.3, 0.4) is 0 Å². The summed E-state index contributed by atoms with van der Waals surface area (Å²) < 4.78 is 95.3. The fraction of sp³-hybridized carbons (Fsp3) is 0.245. The zero-order valence-corrected chi connectivity index (χ0v) is 44.3. The molecule has 74 heavy (non-hydrogen) atoms. The number of hydrogen-bond donors (Lipinski definition) is 0. The topological polar surface area (TPSA) is 221 Å². The van der Waals surface area contributed by atoms with Gasteiger partial charge in [-0.25, -0.2) is 45.8 Å². The Labute approximate surface area is 435 Å². The van der Waals surface area contributed by atoms with Gasteiger partial charge < -0.3 is 32.8 Å². The zero-order chi connectivity index (χ0) is 53.3. The number of nitriles is 1. The van der Waals surface area contributed by atoms with E-state index in [0.717, 1.165) is 17.8 Å². The number of halogens is 2. The number of hydrogen-bond acceptors (Lipinski definition) is 15. The highest BCUT2D eigenvalue weighted by atomic mass is 79.9. The van der Waals surface area contributed by atoms with Crippen molar-refractivity contribution in [2.24, 2.45) is 0 Å². The van der Waals surface area contributed by atoms with Gasteiger partial charge in [-0.1, -0.05) is 46.3 Å². The molecule has 0 spiro atoms. The lowest BCUT2D eigenvalue weighted by molar-refractivity contribution is 0.0592. The molecule has 0 N–H and O–H groups in total. The Morgan fingerprint density at radius 1 is 0.649 bits per heavy atom. The van der Waals surface area contributed by atoms with E-state index in [9.17, 15) is 30.8 Å². The van der Waals surface area contributed by atoms with E-state index in [1.807, 2.05) is 21.3 Å². The molecule has 0 fully saturated rings. The number of esters is 2. The number of rotatable bonds is 18. The Hall–Kier alpha value is -7.35. The van der Waals surface area contributed by atoms with Crippen LogP contribution in [0.25, 0.3) is 33.3 Å². The summed E-state index contributed by atoms with van der Waals surface area (Å²) in [5.41, 5.74) is 6.28. The monoisotopic (exact) mass is 1110 g/mol. The molecule has 0 radical (unpaired) electrons. The second kappa shape index (κ2) is 23.7. The summed E-state index contributed by atoms with van der Waals surface area (Å²) in [5.74, 6) is 0.0480. The zero-order valence-electron chi connectivity index (χ0n) is 41.1. The Kier molecular flexibility index (Phi) is 17.4. The minimum Gasteiger partial charge on any atom is -0.473 e. The quantitative estimate of drug-likeness (QED) is 0.0737. The molecule has 384 valence electrons. The van der Waals surface area contributed by atoms with Gasteiger partial charge in [0.05, 0.1) is 87.7 Å². The van der Waals surface area contributed by atoms with Crippen LogP contribution < -0.4 is 4.74 Å². The van der Waals surface area contributed by atoms with Crippen LogP contribution in [0.5, 0.6) is 5.88 Å². The van der Waals surface area contributed by atoms with Crippen molar-refractivity contribution in [2.45, 2.75) is 42.3 Å². The van der Waals surface area contributed by atoms with Crippen LogP contribution in [0.4, 0.5) is 4.39 Å². The van der Waals surface area contributed by atoms with Crippen molar-refractivity contribution >= 4 is 69.6 Å². The SMILES string of the molecule is COCCn1c(Cc2ccc(-c3cccc(OCc4ccc(C#N)cc4F)n3)cc2S(C)(=O)=O)nc2ccc(C(=O)OC)cc21.COCCn1c(Cc2ccc(Br)cc2S(C)(=O)=O)nc2ccc(C(=O)OC)cc21. The largest absolute Gasteiger partial charge is 0.473 e. The highest BCUT2D eigenvalue weighted by molar-refractivity contribution is 9.10. The van der Waals surface area contributed by atoms with E-state index >= 15 is 0 Å². The van der Waals surface area contributed by atoms with E-state index in [2.05, 4.69) is 25.9 Å². The number of imidazole rings is 2. The van der Waals surface area contributed by atoms with Crippen LogP contribution in [0, 0.1) is 17.1 Å². The second-order valence-corrected chi connectivity index (χ2v) is 21.7. The lowest BCUT2D eigenvalue weighted by atomic mass is 10.1. The second-order valence-electron chi connectivity index (χ2n) is 16.8. The average Bonchev–Trinajstić information content (AvgIpc) is 3.91. The van der Waals surface area contributed by atoms with Crippen LogP contribution in [-0.4, -0.2) is 107 Å². The van der Waals surface area contributed by atoms with E-state index in [-0.39, 0.29) is 39.8 Å². The van der Waals surface area contributed by atoms with Gasteiger partial charge in [0.1, 0.15) is 24.1 Å². The van der Waals surface area contributed by atoms with E-state index in [1.165, 1.54) is 32.6 Å². The number of fused-ring (bicyclic) bond motifs is 2. The number of pyridine rings is 1. The van der Waals surface area contributed by atoms with Crippen molar-refractivity contribution in [3.63, 3.8) is 0 Å². The molecule has 0 unspecified atom stereocenters. The first-order valence-electron chi connectivity index (χ1n) is 22.6. The van der Waals surface area contributed by atoms with Gasteiger partial charge in [0, 0.05) is 74.3 Å². The van der Waals surface area contributed by atoms with Gasteiger partial charge in [-0.05, 0) is 83.9 Å². The number of nitrogens with zero attached hydrogens (tertiary/aromatic N) is 6. The first kappa shape index (κ1) is 54.4. The van der Waals surface area contributed by atoms with Crippen molar-refractivity contribution in [1.29, 1.82) is 5.26 Å². The third-order valence-electron chi connectivity index (χ3n) is 11.7. The summed E-state index contributed by atoms with van der Waals surface area (Å²) in [6.07, 6.45) is 2.85. The maximum Gasteiger partial charge on any atom is 0.337 e. The molecule has 0 saturated carbocycles. The maximum absolute atomic E-state index is 14.3. The molecule has 0 amide bonds. The van der Waals surface area contributed by atoms with Crippen molar-refractivity contribution < 1.29 is 54.5 Å². The smallest absolute Gasteiger partial charge is 0.337 e. The molecule has 0 bridgehead atoms. The summed E-state index contributed by atoms with van der Waals surface area (Å²) >= 11 is 3.33. The third kappa shape index (κ3) is 12.9. The number of aromatic nitrogens is 5. The van der Waals surface area contributed by atoms with Crippen molar-refractivity contribution in [2.75, 3.05) is 54.2 Å². The first-order valence-corrected chi connectivity index (χ1v) is 27.2. The number of carbonyl (C=O) groups excluding carboxylic acids is 2. The first-order chi connectivity index (χ1) is 35.3. The highest BCUT2D eigenvalue weighted by Crippen LogP contribution is 2.30. The lowest BCUT2D eigenvalue weighted by Crippen LogP contribution is -2.11. The Balaban J connectivity index is 0.000000238. The van der Waals surface area contributed by atoms with Gasteiger partial charge in [0.2, 0.25) is 5.88 Å². The molecule has 0 aliphatic carbocycles. The minimum atomic E-state index is -3.68. The van der Waals surface area contributed by atoms with Gasteiger partial charge in [0.15, 0.2) is 19.7 Å². The van der Waals surface area contributed by atoms with E-state index in [4.69, 9.17) is 33.9 Å². The Morgan fingerprint density at radius 2 is 1.18 bits per heavy atom. The normalized spacial score (nSPS) is 11.5. The van der Waals surface area contributed by atoms with Crippen LogP contribution in [0.1, 0.15) is 54.6 Å². The maximum atomic E-state index is 14.3. The number of ether oxygens (including phenoxy) is 5. The molecule has 0 aliphatic rings. The van der Waals surface area contributed by atoms with Gasteiger partial charge in [-0.15, -0.1) is 0 Å². The van der Waals surface area contributed by atoms with E-state index in [1.54, 1.807) is 99.1 Å². The minimum absolute atomic E-state index is 0.104. The van der Waals surface area contributed by atoms with Gasteiger partial charge >= 0.3 is 11.9 Å². The summed E-state index contributed by atoms with van der Waals surface area (Å²) in [7, 11) is -1.25. The molecule has 3 heterocycles. The standard InChI is InChI=1S/C33H29FN4O6S.C20H21BrN2O5S/c1-42-14-13-38-29-16-24(33(39)43-2)11-12-28(29)36-31(38)18-23-10-9-22(17-30(23)45(3,40)41)27-5-4-6-32(37-27)44-20-25-8-7-21(19-35)15-26(25)34;1-27-9-8-23-17-10-14(20(24)28-2)5-7-16(17)22-19(23)11-13-4-6-15(21)12-18(13)29(3,25)26/h4-12,15-17H,13-14,18,20H2,1-3H3;4-7,10,12H,8-9,11H2,1-3H3. The van der Waals surface area contributed by atoms with E-state index < -0.39 is 37.4 Å². The lowest BCUT2D eigenvalue weighted by Gasteiger charge is -2.13. The molecule has 8 aromatic rings. The molecular weight excluding hydrogens is 1060 g/mol. The molecule has 0 atom stereocenters.